The molecule has 0 aromatic carbocycles. The Balaban J connectivity index is 2.09. The SMILES string of the molecule is Cc1nc2c(s1)C(NC(CCO)C(C)C)CCC2. The van der Waals surface area contributed by atoms with Crippen LogP contribution in [0.25, 0.3) is 0 Å². The van der Waals surface area contributed by atoms with E-state index in [-0.39, 0.29) is 6.61 Å². The van der Waals surface area contributed by atoms with Crippen LogP contribution >= 0.6 is 11.3 Å². The van der Waals surface area contributed by atoms with Gasteiger partial charge < -0.3 is 10.4 Å². The highest BCUT2D eigenvalue weighted by Gasteiger charge is 2.26. The zero-order valence-electron chi connectivity index (χ0n) is 11.6. The second kappa shape index (κ2) is 6.13. The summed E-state index contributed by atoms with van der Waals surface area (Å²) in [7, 11) is 0. The Labute approximate surface area is 114 Å². The lowest BCUT2D eigenvalue weighted by Crippen LogP contribution is -2.38. The molecular formula is C14H24N2OS. The molecule has 1 aromatic heterocycles. The zero-order valence-corrected chi connectivity index (χ0v) is 12.4. The third kappa shape index (κ3) is 3.11. The summed E-state index contributed by atoms with van der Waals surface area (Å²) in [4.78, 5) is 6.06. The maximum absolute atomic E-state index is 9.16. The number of nitrogens with zero attached hydrogens (tertiary/aromatic N) is 1. The normalized spacial score (nSPS) is 21.1. The van der Waals surface area contributed by atoms with E-state index in [4.69, 9.17) is 5.11 Å². The number of aliphatic hydroxyl groups excluding tert-OH is 1. The van der Waals surface area contributed by atoms with Crippen molar-refractivity contribution < 1.29 is 5.11 Å². The Hall–Kier alpha value is -0.450. The minimum Gasteiger partial charge on any atom is -0.396 e. The lowest BCUT2D eigenvalue weighted by atomic mass is 9.94. The second-order valence-electron chi connectivity index (χ2n) is 5.52. The predicted molar refractivity (Wildman–Crippen MR) is 76.0 cm³/mol. The van der Waals surface area contributed by atoms with Crippen molar-refractivity contribution in [2.45, 2.75) is 58.5 Å². The highest BCUT2D eigenvalue weighted by Crippen LogP contribution is 2.34. The van der Waals surface area contributed by atoms with Gasteiger partial charge in [-0.2, -0.15) is 0 Å². The monoisotopic (exact) mass is 268 g/mol. The Bertz CT molecular complexity index is 389. The first kappa shape index (κ1) is 14.0. The highest BCUT2D eigenvalue weighted by atomic mass is 32.1. The first-order chi connectivity index (χ1) is 8.61. The average molecular weight is 268 g/mol. The van der Waals surface area contributed by atoms with Gasteiger partial charge in [-0.15, -0.1) is 11.3 Å². The smallest absolute Gasteiger partial charge is 0.0900 e. The zero-order chi connectivity index (χ0) is 13.1. The molecule has 0 fully saturated rings. The molecule has 0 saturated heterocycles. The number of aliphatic hydroxyl groups is 1. The van der Waals surface area contributed by atoms with Crippen molar-refractivity contribution in [2.24, 2.45) is 5.92 Å². The lowest BCUT2D eigenvalue weighted by molar-refractivity contribution is 0.231. The molecule has 1 heterocycles. The second-order valence-corrected chi connectivity index (χ2v) is 6.75. The van der Waals surface area contributed by atoms with E-state index in [9.17, 15) is 0 Å². The number of fused-ring (bicyclic) bond motifs is 1. The number of aromatic nitrogens is 1. The Morgan fingerprint density at radius 2 is 2.28 bits per heavy atom. The molecule has 2 rings (SSSR count). The number of aryl methyl sites for hydroxylation is 2. The molecule has 0 saturated carbocycles. The third-order valence-electron chi connectivity index (χ3n) is 3.72. The van der Waals surface area contributed by atoms with Gasteiger partial charge in [0.1, 0.15) is 0 Å². The molecule has 0 radical (unpaired) electrons. The summed E-state index contributed by atoms with van der Waals surface area (Å²) >= 11 is 1.83. The molecule has 102 valence electrons. The molecule has 1 aromatic rings. The summed E-state index contributed by atoms with van der Waals surface area (Å²) in [6.45, 7) is 6.79. The van der Waals surface area contributed by atoms with Crippen LogP contribution in [0.15, 0.2) is 0 Å². The minimum absolute atomic E-state index is 0.261. The van der Waals surface area contributed by atoms with Crippen LogP contribution in [0.4, 0.5) is 0 Å². The molecule has 0 aliphatic heterocycles. The molecule has 2 unspecified atom stereocenters. The average Bonchev–Trinajstić information content (AvgIpc) is 2.69. The molecule has 0 amide bonds. The van der Waals surface area contributed by atoms with Gasteiger partial charge >= 0.3 is 0 Å². The van der Waals surface area contributed by atoms with Crippen LogP contribution in [0, 0.1) is 12.8 Å². The van der Waals surface area contributed by atoms with Crippen LogP contribution in [0.2, 0.25) is 0 Å². The minimum atomic E-state index is 0.261. The van der Waals surface area contributed by atoms with Crippen molar-refractivity contribution in [1.29, 1.82) is 0 Å². The van der Waals surface area contributed by atoms with E-state index in [1.54, 1.807) is 0 Å². The lowest BCUT2D eigenvalue weighted by Gasteiger charge is -2.30. The van der Waals surface area contributed by atoms with E-state index in [0.717, 1.165) is 12.8 Å². The van der Waals surface area contributed by atoms with Gasteiger partial charge in [0.05, 0.1) is 10.7 Å². The van der Waals surface area contributed by atoms with Crippen molar-refractivity contribution >= 4 is 11.3 Å². The van der Waals surface area contributed by atoms with Crippen molar-refractivity contribution in [2.75, 3.05) is 6.61 Å². The van der Waals surface area contributed by atoms with Crippen molar-refractivity contribution in [1.82, 2.24) is 10.3 Å². The summed E-state index contributed by atoms with van der Waals surface area (Å²) in [5, 5.41) is 14.1. The molecule has 0 bridgehead atoms. The molecule has 0 spiro atoms. The van der Waals surface area contributed by atoms with Crippen molar-refractivity contribution in [3.63, 3.8) is 0 Å². The Morgan fingerprint density at radius 3 is 2.94 bits per heavy atom. The van der Waals surface area contributed by atoms with Gasteiger partial charge in [-0.05, 0) is 38.5 Å². The summed E-state index contributed by atoms with van der Waals surface area (Å²) in [5.41, 5.74) is 1.30. The summed E-state index contributed by atoms with van der Waals surface area (Å²) in [6.07, 6.45) is 4.38. The maximum atomic E-state index is 9.16. The molecule has 4 heteroatoms. The molecule has 1 aliphatic carbocycles. The van der Waals surface area contributed by atoms with E-state index < -0.39 is 0 Å². The number of hydrogen-bond donors (Lipinski definition) is 2. The van der Waals surface area contributed by atoms with E-state index >= 15 is 0 Å². The van der Waals surface area contributed by atoms with Gasteiger partial charge in [-0.3, -0.25) is 0 Å². The molecular weight excluding hydrogens is 244 g/mol. The number of hydrogen-bond acceptors (Lipinski definition) is 4. The van der Waals surface area contributed by atoms with Crippen molar-refractivity contribution in [3.05, 3.63) is 15.6 Å². The summed E-state index contributed by atoms with van der Waals surface area (Å²) < 4.78 is 0. The van der Waals surface area contributed by atoms with Crippen LogP contribution in [0.1, 0.15) is 54.7 Å². The molecule has 2 atom stereocenters. The first-order valence-corrected chi connectivity index (χ1v) is 7.76. The maximum Gasteiger partial charge on any atom is 0.0900 e. The van der Waals surface area contributed by atoms with Crippen LogP contribution in [0.3, 0.4) is 0 Å². The van der Waals surface area contributed by atoms with Crippen LogP contribution in [-0.2, 0) is 6.42 Å². The quantitative estimate of drug-likeness (QED) is 0.863. The molecule has 1 aliphatic rings. The number of rotatable bonds is 5. The highest BCUT2D eigenvalue weighted by molar-refractivity contribution is 7.11. The fourth-order valence-corrected chi connectivity index (χ4v) is 3.78. The van der Waals surface area contributed by atoms with Gasteiger partial charge in [0.15, 0.2) is 0 Å². The first-order valence-electron chi connectivity index (χ1n) is 6.95. The predicted octanol–water partition coefficient (Wildman–Crippen LogP) is 2.83. The number of thiazole rings is 1. The van der Waals surface area contributed by atoms with E-state index in [2.05, 4.69) is 31.1 Å². The third-order valence-corrected chi connectivity index (χ3v) is 4.84. The van der Waals surface area contributed by atoms with Crippen LogP contribution in [-0.4, -0.2) is 22.7 Å². The van der Waals surface area contributed by atoms with Gasteiger partial charge in [-0.25, -0.2) is 4.98 Å². The van der Waals surface area contributed by atoms with Gasteiger partial charge in [0.2, 0.25) is 0 Å². The van der Waals surface area contributed by atoms with Crippen molar-refractivity contribution in [3.8, 4) is 0 Å². The fourth-order valence-electron chi connectivity index (χ4n) is 2.71. The largest absolute Gasteiger partial charge is 0.396 e. The van der Waals surface area contributed by atoms with Crippen LogP contribution in [0.5, 0.6) is 0 Å². The fraction of sp³-hybridized carbons (Fsp3) is 0.786. The van der Waals surface area contributed by atoms with Gasteiger partial charge in [0.25, 0.3) is 0 Å². The van der Waals surface area contributed by atoms with Gasteiger partial charge in [0, 0.05) is 23.6 Å². The topological polar surface area (TPSA) is 45.2 Å². The molecule has 18 heavy (non-hydrogen) atoms. The standard InChI is InChI=1S/C14H24N2OS/c1-9(2)11(7-8-17)16-13-6-4-5-12-14(13)18-10(3)15-12/h9,11,13,16-17H,4-8H2,1-3H3. The van der Waals surface area contributed by atoms with E-state index in [0.29, 0.717) is 18.0 Å². The van der Waals surface area contributed by atoms with E-state index in [1.165, 1.54) is 28.4 Å². The van der Waals surface area contributed by atoms with Crippen LogP contribution < -0.4 is 5.32 Å². The molecule has 2 N–H and O–H groups in total. The summed E-state index contributed by atoms with van der Waals surface area (Å²) in [5.74, 6) is 0.552. The summed E-state index contributed by atoms with van der Waals surface area (Å²) in [6, 6.07) is 0.840. The van der Waals surface area contributed by atoms with E-state index in [1.807, 2.05) is 11.3 Å². The Kier molecular flexibility index (Phi) is 4.76. The Morgan fingerprint density at radius 1 is 1.50 bits per heavy atom. The number of nitrogens with one attached hydrogen (secondary N) is 1. The molecule has 3 nitrogen and oxygen atoms in total. The van der Waals surface area contributed by atoms with Gasteiger partial charge in [-0.1, -0.05) is 13.8 Å².